The van der Waals surface area contributed by atoms with Gasteiger partial charge in [0.1, 0.15) is 5.54 Å². The summed E-state index contributed by atoms with van der Waals surface area (Å²) < 4.78 is 31.0. The van der Waals surface area contributed by atoms with Gasteiger partial charge in [0.15, 0.2) is 5.13 Å². The van der Waals surface area contributed by atoms with Gasteiger partial charge in [-0.2, -0.15) is 17.4 Å². The minimum atomic E-state index is -3.94. The Balaban J connectivity index is 1.28. The quantitative estimate of drug-likeness (QED) is 0.587. The van der Waals surface area contributed by atoms with E-state index in [2.05, 4.69) is 14.6 Å². The van der Waals surface area contributed by atoms with Crippen LogP contribution in [0.1, 0.15) is 17.9 Å². The Labute approximate surface area is 184 Å². The SMILES string of the molecule is O=C(O)C1(NS(=O)(=O)N2CCN(c3nc4ccccc4s3)CC2)C[C@H]1c1ccccc1. The van der Waals surface area contributed by atoms with Gasteiger partial charge >= 0.3 is 5.97 Å². The predicted octanol–water partition coefficient (Wildman–Crippen LogP) is 2.26. The highest BCUT2D eigenvalue weighted by atomic mass is 32.2. The predicted molar refractivity (Wildman–Crippen MR) is 120 cm³/mol. The van der Waals surface area contributed by atoms with Crippen LogP contribution in [0, 0.1) is 0 Å². The molecule has 0 radical (unpaired) electrons. The molecular formula is C21H22N4O4S2. The number of thiazole rings is 1. The van der Waals surface area contributed by atoms with Crippen molar-refractivity contribution in [3.63, 3.8) is 0 Å². The van der Waals surface area contributed by atoms with Gasteiger partial charge in [-0.15, -0.1) is 0 Å². The van der Waals surface area contributed by atoms with E-state index in [0.29, 0.717) is 13.1 Å². The molecule has 1 aliphatic carbocycles. The zero-order chi connectivity index (χ0) is 21.6. The molecule has 31 heavy (non-hydrogen) atoms. The molecule has 3 aromatic rings. The first-order chi connectivity index (χ1) is 14.9. The zero-order valence-electron chi connectivity index (χ0n) is 16.6. The van der Waals surface area contributed by atoms with E-state index < -0.39 is 21.7 Å². The second-order valence-corrected chi connectivity index (χ2v) is 10.6. The lowest BCUT2D eigenvalue weighted by Crippen LogP contribution is -2.56. The highest BCUT2D eigenvalue weighted by Gasteiger charge is 2.63. The third-order valence-electron chi connectivity index (χ3n) is 5.99. The van der Waals surface area contributed by atoms with Crippen LogP contribution in [0.25, 0.3) is 10.2 Å². The first-order valence-corrected chi connectivity index (χ1v) is 12.3. The number of hydrogen-bond donors (Lipinski definition) is 2. The number of nitrogens with one attached hydrogen (secondary N) is 1. The number of nitrogens with zero attached hydrogens (tertiary/aromatic N) is 3. The number of aliphatic carboxylic acids is 1. The third kappa shape index (κ3) is 3.69. The largest absolute Gasteiger partial charge is 0.480 e. The molecule has 2 aromatic carbocycles. The lowest BCUT2D eigenvalue weighted by atomic mass is 10.1. The number of rotatable bonds is 6. The zero-order valence-corrected chi connectivity index (χ0v) is 18.3. The van der Waals surface area contributed by atoms with Gasteiger partial charge in [0.05, 0.1) is 10.2 Å². The van der Waals surface area contributed by atoms with Gasteiger partial charge in [0.2, 0.25) is 0 Å². The van der Waals surface area contributed by atoms with Gasteiger partial charge in [-0.05, 0) is 24.1 Å². The molecule has 2 atom stereocenters. The maximum absolute atomic E-state index is 13.0. The standard InChI is InChI=1S/C21H22N4O4S2/c26-19(27)21(14-16(21)15-6-2-1-3-7-15)23-31(28,29)25-12-10-24(11-13-25)20-22-17-8-4-5-9-18(17)30-20/h1-9,16,23H,10-14H2,(H,26,27)/t16-,21?/m0/s1. The van der Waals surface area contributed by atoms with Crippen LogP contribution in [0.4, 0.5) is 5.13 Å². The van der Waals surface area contributed by atoms with E-state index in [0.717, 1.165) is 20.9 Å². The highest BCUT2D eigenvalue weighted by Crippen LogP contribution is 2.52. The van der Waals surface area contributed by atoms with Crippen LogP contribution in [-0.2, 0) is 15.0 Å². The molecule has 1 aromatic heterocycles. The Hall–Kier alpha value is -2.53. The summed E-state index contributed by atoms with van der Waals surface area (Å²) in [5, 5.41) is 10.7. The summed E-state index contributed by atoms with van der Waals surface area (Å²) in [5.74, 6) is -1.51. The van der Waals surface area contributed by atoms with Crippen LogP contribution in [0.2, 0.25) is 0 Å². The fourth-order valence-corrected chi connectivity index (χ4v) is 6.72. The average Bonchev–Trinajstić information content (AvgIpc) is 3.33. The van der Waals surface area contributed by atoms with Crippen LogP contribution in [0.3, 0.4) is 0 Å². The summed E-state index contributed by atoms with van der Waals surface area (Å²) in [4.78, 5) is 18.7. The minimum absolute atomic E-state index is 0.247. The summed E-state index contributed by atoms with van der Waals surface area (Å²) in [6, 6.07) is 17.1. The molecule has 162 valence electrons. The smallest absolute Gasteiger partial charge is 0.325 e. The Morgan fingerprint density at radius 1 is 1.06 bits per heavy atom. The Kier molecular flexibility index (Phi) is 4.97. The minimum Gasteiger partial charge on any atom is -0.480 e. The molecule has 1 unspecified atom stereocenters. The highest BCUT2D eigenvalue weighted by molar-refractivity contribution is 7.87. The molecule has 0 amide bonds. The molecule has 8 nitrogen and oxygen atoms in total. The van der Waals surface area contributed by atoms with Crippen molar-refractivity contribution in [2.45, 2.75) is 17.9 Å². The summed E-state index contributed by atoms with van der Waals surface area (Å²) in [6.07, 6.45) is 0.247. The molecule has 0 bridgehead atoms. The van der Waals surface area contributed by atoms with E-state index in [1.807, 2.05) is 54.6 Å². The van der Waals surface area contributed by atoms with Gasteiger partial charge in [-0.1, -0.05) is 53.8 Å². The van der Waals surface area contributed by atoms with Crippen molar-refractivity contribution in [2.75, 3.05) is 31.1 Å². The van der Waals surface area contributed by atoms with Gasteiger partial charge in [0, 0.05) is 32.1 Å². The second kappa shape index (κ2) is 7.56. The molecule has 1 saturated carbocycles. The van der Waals surface area contributed by atoms with Crippen molar-refractivity contribution >= 4 is 42.9 Å². The van der Waals surface area contributed by atoms with E-state index >= 15 is 0 Å². The van der Waals surface area contributed by atoms with E-state index in [9.17, 15) is 18.3 Å². The van der Waals surface area contributed by atoms with Gasteiger partial charge in [-0.3, -0.25) is 4.79 Å². The molecule has 10 heteroatoms. The number of carboxylic acids is 1. The van der Waals surface area contributed by atoms with E-state index in [1.165, 1.54) is 4.31 Å². The normalized spacial score (nSPS) is 24.4. The molecule has 1 saturated heterocycles. The van der Waals surface area contributed by atoms with Crippen LogP contribution >= 0.6 is 11.3 Å². The first-order valence-electron chi connectivity index (χ1n) is 10.1. The number of para-hydroxylation sites is 1. The number of hydrogen-bond acceptors (Lipinski definition) is 6. The van der Waals surface area contributed by atoms with Crippen molar-refractivity contribution in [1.82, 2.24) is 14.0 Å². The number of carboxylic acid groups (broad SMARTS) is 1. The van der Waals surface area contributed by atoms with Crippen LogP contribution in [0.15, 0.2) is 54.6 Å². The van der Waals surface area contributed by atoms with Crippen LogP contribution in [0.5, 0.6) is 0 Å². The fourth-order valence-electron chi connectivity index (χ4n) is 4.15. The van der Waals surface area contributed by atoms with Gasteiger partial charge < -0.3 is 10.0 Å². The number of piperazine rings is 1. The Bertz CT molecular complexity index is 1190. The molecule has 2 N–H and O–H groups in total. The monoisotopic (exact) mass is 458 g/mol. The van der Waals surface area contributed by atoms with Crippen LogP contribution < -0.4 is 9.62 Å². The second-order valence-electron chi connectivity index (χ2n) is 7.90. The summed E-state index contributed by atoms with van der Waals surface area (Å²) in [6.45, 7) is 1.56. The number of aromatic nitrogens is 1. The van der Waals surface area contributed by atoms with E-state index in [-0.39, 0.29) is 25.4 Å². The Morgan fingerprint density at radius 3 is 2.42 bits per heavy atom. The molecule has 2 aliphatic rings. The molecule has 0 spiro atoms. The number of anilines is 1. The molecule has 2 heterocycles. The third-order valence-corrected chi connectivity index (χ3v) is 8.75. The molecule has 1 aliphatic heterocycles. The first kappa shape index (κ1) is 20.4. The van der Waals surface area contributed by atoms with Gasteiger partial charge in [-0.25, -0.2) is 4.98 Å². The van der Waals surface area contributed by atoms with Crippen molar-refractivity contribution < 1.29 is 18.3 Å². The van der Waals surface area contributed by atoms with Crippen molar-refractivity contribution in [3.8, 4) is 0 Å². The maximum atomic E-state index is 13.0. The molecule has 5 rings (SSSR count). The number of fused-ring (bicyclic) bond motifs is 1. The van der Waals surface area contributed by atoms with E-state index in [4.69, 9.17) is 0 Å². The topological polar surface area (TPSA) is 103 Å². The number of benzene rings is 2. The lowest BCUT2D eigenvalue weighted by Gasteiger charge is -2.34. The maximum Gasteiger partial charge on any atom is 0.325 e. The number of carbonyl (C=O) groups is 1. The average molecular weight is 459 g/mol. The Morgan fingerprint density at radius 2 is 1.74 bits per heavy atom. The fraction of sp³-hybridized carbons (Fsp3) is 0.333. The summed E-state index contributed by atoms with van der Waals surface area (Å²) in [7, 11) is -3.94. The molecular weight excluding hydrogens is 436 g/mol. The summed E-state index contributed by atoms with van der Waals surface area (Å²) >= 11 is 1.59. The van der Waals surface area contributed by atoms with Crippen LogP contribution in [-0.4, -0.2) is 60.5 Å². The van der Waals surface area contributed by atoms with E-state index in [1.54, 1.807) is 11.3 Å². The van der Waals surface area contributed by atoms with Crippen molar-refractivity contribution in [1.29, 1.82) is 0 Å². The lowest BCUT2D eigenvalue weighted by molar-refractivity contribution is -0.140. The van der Waals surface area contributed by atoms with Gasteiger partial charge in [0.25, 0.3) is 10.2 Å². The van der Waals surface area contributed by atoms with Crippen molar-refractivity contribution in [3.05, 3.63) is 60.2 Å². The molecule has 2 fully saturated rings. The summed E-state index contributed by atoms with van der Waals surface area (Å²) in [5.41, 5.74) is 0.279. The van der Waals surface area contributed by atoms with Crippen molar-refractivity contribution in [2.24, 2.45) is 0 Å².